The lowest BCUT2D eigenvalue weighted by molar-refractivity contribution is -0.0218. The predicted octanol–water partition coefficient (Wildman–Crippen LogP) is 3.14. The summed E-state index contributed by atoms with van der Waals surface area (Å²) in [4.78, 5) is 16.8. The molecule has 2 aliphatic heterocycles. The van der Waals surface area contributed by atoms with Crippen molar-refractivity contribution in [2.45, 2.75) is 37.8 Å². The number of hydrogen-bond acceptors (Lipinski definition) is 4. The van der Waals surface area contributed by atoms with Gasteiger partial charge in [0, 0.05) is 13.1 Å². The number of rotatable bonds is 4. The number of amides is 1. The zero-order chi connectivity index (χ0) is 18.9. The highest BCUT2D eigenvalue weighted by Crippen LogP contribution is 2.33. The van der Waals surface area contributed by atoms with E-state index in [1.54, 1.807) is 23.1 Å². The van der Waals surface area contributed by atoms with Crippen molar-refractivity contribution in [3.8, 4) is 0 Å². The summed E-state index contributed by atoms with van der Waals surface area (Å²) in [5.41, 5.74) is -0.323. The van der Waals surface area contributed by atoms with Crippen LogP contribution < -0.4 is 0 Å². The maximum absolute atomic E-state index is 13.1. The Morgan fingerprint density at radius 3 is 2.37 bits per heavy atom. The number of carbonyl (C=O) groups is 1. The molecule has 1 aromatic heterocycles. The van der Waals surface area contributed by atoms with Crippen LogP contribution in [0.5, 0.6) is 0 Å². The zero-order valence-electron chi connectivity index (χ0n) is 15.4. The molecule has 6 heteroatoms. The molecule has 27 heavy (non-hydrogen) atoms. The number of nitrogens with zero attached hydrogens (tertiary/aromatic N) is 2. The lowest BCUT2D eigenvalue weighted by Crippen LogP contribution is -2.45. The summed E-state index contributed by atoms with van der Waals surface area (Å²) < 4.78 is 18.9. The van der Waals surface area contributed by atoms with Crippen LogP contribution in [0.15, 0.2) is 40.8 Å². The molecule has 2 saturated heterocycles. The lowest BCUT2D eigenvalue weighted by atomic mass is 9.84. The number of benzene rings is 1. The molecule has 3 heterocycles. The van der Waals surface area contributed by atoms with E-state index in [2.05, 4.69) is 4.90 Å². The van der Waals surface area contributed by atoms with Crippen LogP contribution >= 0.6 is 0 Å². The molecule has 0 radical (unpaired) electrons. The van der Waals surface area contributed by atoms with Crippen molar-refractivity contribution in [1.82, 2.24) is 9.80 Å². The van der Waals surface area contributed by atoms with Gasteiger partial charge in [-0.15, -0.1) is 0 Å². The normalized spacial score (nSPS) is 20.1. The Kier molecular flexibility index (Phi) is 5.02. The van der Waals surface area contributed by atoms with Gasteiger partial charge in [0.15, 0.2) is 5.76 Å². The van der Waals surface area contributed by atoms with E-state index < -0.39 is 5.60 Å². The lowest BCUT2D eigenvalue weighted by Gasteiger charge is -2.38. The molecule has 0 atom stereocenters. The minimum absolute atomic E-state index is 0.135. The van der Waals surface area contributed by atoms with Crippen LogP contribution in [0.3, 0.4) is 0 Å². The van der Waals surface area contributed by atoms with Gasteiger partial charge in [0.25, 0.3) is 5.91 Å². The quantitative estimate of drug-likeness (QED) is 0.896. The molecular formula is C21H25FN2O3. The van der Waals surface area contributed by atoms with E-state index in [0.717, 1.165) is 25.4 Å². The smallest absolute Gasteiger partial charge is 0.289 e. The first kappa shape index (κ1) is 18.2. The Labute approximate surface area is 158 Å². The molecule has 0 bridgehead atoms. The Morgan fingerprint density at radius 2 is 1.70 bits per heavy atom. The maximum atomic E-state index is 13.1. The summed E-state index contributed by atoms with van der Waals surface area (Å²) in [5, 5.41) is 10.9. The Morgan fingerprint density at radius 1 is 1.04 bits per heavy atom. The van der Waals surface area contributed by atoms with Gasteiger partial charge in [-0.2, -0.15) is 0 Å². The minimum atomic E-state index is -1.02. The van der Waals surface area contributed by atoms with Crippen molar-refractivity contribution in [2.24, 2.45) is 0 Å². The fourth-order valence-corrected chi connectivity index (χ4v) is 4.02. The van der Waals surface area contributed by atoms with E-state index in [4.69, 9.17) is 4.42 Å². The molecule has 0 unspecified atom stereocenters. The molecule has 0 aliphatic carbocycles. The van der Waals surface area contributed by atoms with Crippen LogP contribution in [0.2, 0.25) is 0 Å². The van der Waals surface area contributed by atoms with E-state index in [1.165, 1.54) is 25.0 Å². The van der Waals surface area contributed by atoms with Gasteiger partial charge >= 0.3 is 0 Å². The van der Waals surface area contributed by atoms with Crippen molar-refractivity contribution >= 4 is 5.91 Å². The van der Waals surface area contributed by atoms with Gasteiger partial charge in [0.2, 0.25) is 0 Å². The molecule has 5 nitrogen and oxygen atoms in total. The van der Waals surface area contributed by atoms with E-state index in [1.807, 2.05) is 6.07 Å². The SMILES string of the molecule is O=C(c1ccc(CN2CCCC2)o1)N1CCC(O)(c2ccc(F)cc2)CC1. The third-order valence-electron chi connectivity index (χ3n) is 5.71. The fourth-order valence-electron chi connectivity index (χ4n) is 4.02. The van der Waals surface area contributed by atoms with Crippen LogP contribution in [0, 0.1) is 5.82 Å². The van der Waals surface area contributed by atoms with Gasteiger partial charge in [-0.25, -0.2) is 4.39 Å². The van der Waals surface area contributed by atoms with E-state index in [9.17, 15) is 14.3 Å². The fraction of sp³-hybridized carbons (Fsp3) is 0.476. The van der Waals surface area contributed by atoms with Gasteiger partial charge in [0.1, 0.15) is 11.6 Å². The molecule has 4 rings (SSSR count). The van der Waals surface area contributed by atoms with Gasteiger partial charge in [0.05, 0.1) is 12.1 Å². The Bertz CT molecular complexity index is 788. The Balaban J connectivity index is 1.37. The number of halogens is 1. The monoisotopic (exact) mass is 372 g/mol. The van der Waals surface area contributed by atoms with Gasteiger partial charge in [-0.1, -0.05) is 12.1 Å². The second-order valence-corrected chi connectivity index (χ2v) is 7.58. The number of likely N-dealkylation sites (tertiary alicyclic amines) is 2. The highest BCUT2D eigenvalue weighted by atomic mass is 19.1. The van der Waals surface area contributed by atoms with E-state index in [0.29, 0.717) is 37.3 Å². The van der Waals surface area contributed by atoms with Crippen molar-refractivity contribution in [3.05, 3.63) is 59.3 Å². The predicted molar refractivity (Wildman–Crippen MR) is 98.7 cm³/mol. The molecule has 0 spiro atoms. The molecular weight excluding hydrogens is 347 g/mol. The number of furan rings is 1. The van der Waals surface area contributed by atoms with Crippen molar-refractivity contribution < 1.29 is 18.7 Å². The van der Waals surface area contributed by atoms with E-state index >= 15 is 0 Å². The van der Waals surface area contributed by atoms with E-state index in [-0.39, 0.29) is 11.7 Å². The summed E-state index contributed by atoms with van der Waals surface area (Å²) in [5.74, 6) is 0.720. The van der Waals surface area contributed by atoms with Crippen LogP contribution in [0.1, 0.15) is 47.6 Å². The second kappa shape index (κ2) is 7.44. The Hall–Kier alpha value is -2.18. The van der Waals surface area contributed by atoms with Gasteiger partial charge in [-0.05, 0) is 68.6 Å². The van der Waals surface area contributed by atoms with Crippen molar-refractivity contribution in [3.63, 3.8) is 0 Å². The average Bonchev–Trinajstić information content (AvgIpc) is 3.35. The molecule has 1 N–H and O–H groups in total. The third kappa shape index (κ3) is 3.92. The molecule has 144 valence electrons. The summed E-state index contributed by atoms with van der Waals surface area (Å²) in [6.45, 7) is 3.79. The van der Waals surface area contributed by atoms with Gasteiger partial charge < -0.3 is 14.4 Å². The summed E-state index contributed by atoms with van der Waals surface area (Å²) in [6.07, 6.45) is 3.28. The maximum Gasteiger partial charge on any atom is 0.289 e. The second-order valence-electron chi connectivity index (χ2n) is 7.58. The third-order valence-corrected chi connectivity index (χ3v) is 5.71. The first-order valence-electron chi connectivity index (χ1n) is 9.62. The van der Waals surface area contributed by atoms with Crippen molar-refractivity contribution in [2.75, 3.05) is 26.2 Å². The molecule has 1 aromatic carbocycles. The molecule has 0 saturated carbocycles. The van der Waals surface area contributed by atoms with Crippen LogP contribution in [-0.4, -0.2) is 47.0 Å². The summed E-state index contributed by atoms with van der Waals surface area (Å²) in [6, 6.07) is 9.57. The highest BCUT2D eigenvalue weighted by Gasteiger charge is 2.36. The van der Waals surface area contributed by atoms with Crippen molar-refractivity contribution in [1.29, 1.82) is 0 Å². The molecule has 2 fully saturated rings. The first-order valence-corrected chi connectivity index (χ1v) is 9.62. The number of piperidine rings is 1. The minimum Gasteiger partial charge on any atom is -0.455 e. The number of carbonyl (C=O) groups excluding carboxylic acids is 1. The zero-order valence-corrected chi connectivity index (χ0v) is 15.4. The summed E-state index contributed by atoms with van der Waals surface area (Å²) >= 11 is 0. The first-order chi connectivity index (χ1) is 13.0. The number of hydrogen-bond donors (Lipinski definition) is 1. The molecule has 2 aliphatic rings. The number of aliphatic hydroxyl groups is 1. The topological polar surface area (TPSA) is 56.9 Å². The average molecular weight is 372 g/mol. The van der Waals surface area contributed by atoms with Crippen LogP contribution in [0.25, 0.3) is 0 Å². The van der Waals surface area contributed by atoms with Crippen LogP contribution in [0.4, 0.5) is 4.39 Å². The molecule has 2 aromatic rings. The van der Waals surface area contributed by atoms with Crippen LogP contribution in [-0.2, 0) is 12.1 Å². The largest absolute Gasteiger partial charge is 0.455 e. The standard InChI is InChI=1S/C21H25FN2O3/c22-17-5-3-16(4-6-17)21(26)9-13-24(14-10-21)20(25)19-8-7-18(27-19)15-23-11-1-2-12-23/h3-8,26H,1-2,9-15H2. The summed E-state index contributed by atoms with van der Waals surface area (Å²) in [7, 11) is 0. The highest BCUT2D eigenvalue weighted by molar-refractivity contribution is 5.91. The van der Waals surface area contributed by atoms with Gasteiger partial charge in [-0.3, -0.25) is 9.69 Å². The molecule has 1 amide bonds.